The number of hydrogen-bond donors (Lipinski definition) is 0. The summed E-state index contributed by atoms with van der Waals surface area (Å²) in [6, 6.07) is 7.90. The first-order chi connectivity index (χ1) is 9.29. The Morgan fingerprint density at radius 1 is 1.20 bits per heavy atom. The number of nitrogens with zero attached hydrogens (tertiary/aromatic N) is 1. The lowest BCUT2D eigenvalue weighted by Gasteiger charge is -2.26. The second-order valence-electron chi connectivity index (χ2n) is 5.70. The molecule has 0 bridgehead atoms. The van der Waals surface area contributed by atoms with Crippen LogP contribution < -0.4 is 0 Å². The van der Waals surface area contributed by atoms with Crippen LogP contribution >= 0.6 is 0 Å². The normalized spacial score (nSPS) is 19.4. The van der Waals surface area contributed by atoms with Gasteiger partial charge in [0, 0.05) is 0 Å². The van der Waals surface area contributed by atoms with Gasteiger partial charge in [0.25, 0.3) is 0 Å². The smallest absolute Gasteiger partial charge is 0.418 e. The highest BCUT2D eigenvalue weighted by molar-refractivity contribution is 6.13. The fraction of sp³-hybridized carbons (Fsp3) is 0.400. The summed E-state index contributed by atoms with van der Waals surface area (Å²) in [6.45, 7) is 5.14. The van der Waals surface area contributed by atoms with Gasteiger partial charge in [-0.15, -0.1) is 0 Å². The minimum atomic E-state index is -0.876. The number of ketones is 1. The molecule has 5 heteroatoms. The van der Waals surface area contributed by atoms with Crippen LogP contribution in [0.5, 0.6) is 0 Å². The van der Waals surface area contributed by atoms with E-state index in [0.29, 0.717) is 5.56 Å². The number of Topliss-reactive ketones (excluding diaryl/α,β-unsaturated/α-hetero) is 1. The zero-order valence-electron chi connectivity index (χ0n) is 11.8. The van der Waals surface area contributed by atoms with Gasteiger partial charge >= 0.3 is 6.09 Å². The molecule has 1 aliphatic rings. The van der Waals surface area contributed by atoms with Crippen molar-refractivity contribution in [3.8, 4) is 0 Å². The summed E-state index contributed by atoms with van der Waals surface area (Å²) in [6.07, 6.45) is -1.04. The molecule has 5 nitrogen and oxygen atoms in total. The molecular weight excluding hydrogens is 258 g/mol. The molecule has 0 aliphatic carbocycles. The quantitative estimate of drug-likeness (QED) is 0.738. The number of amides is 2. The maximum atomic E-state index is 12.1. The second-order valence-corrected chi connectivity index (χ2v) is 5.70. The van der Waals surface area contributed by atoms with Gasteiger partial charge in [-0.2, -0.15) is 0 Å². The lowest BCUT2D eigenvalue weighted by molar-refractivity contribution is -0.128. The number of hydrogen-bond acceptors (Lipinski definition) is 4. The van der Waals surface area contributed by atoms with Gasteiger partial charge in [-0.05, 0) is 26.3 Å². The Morgan fingerprint density at radius 2 is 1.80 bits per heavy atom. The minimum absolute atomic E-state index is 0.265. The van der Waals surface area contributed by atoms with Gasteiger partial charge in [0.2, 0.25) is 5.91 Å². The predicted octanol–water partition coefficient (Wildman–Crippen LogP) is 2.46. The highest BCUT2D eigenvalue weighted by atomic mass is 16.6. The molecule has 2 amide bonds. The molecule has 0 aromatic heterocycles. The summed E-state index contributed by atoms with van der Waals surface area (Å²) in [5, 5.41) is 0. The molecule has 1 aromatic rings. The second kappa shape index (κ2) is 5.07. The zero-order valence-corrected chi connectivity index (χ0v) is 11.8. The van der Waals surface area contributed by atoms with E-state index in [-0.39, 0.29) is 12.2 Å². The molecule has 20 heavy (non-hydrogen) atoms. The summed E-state index contributed by atoms with van der Waals surface area (Å²) in [5.41, 5.74) is -0.0984. The van der Waals surface area contributed by atoms with Gasteiger partial charge in [-0.25, -0.2) is 9.69 Å². The lowest BCUT2D eigenvalue weighted by atomic mass is 10.0. The summed E-state index contributed by atoms with van der Waals surface area (Å²) in [7, 11) is 0. The van der Waals surface area contributed by atoms with Crippen molar-refractivity contribution < 1.29 is 19.1 Å². The first kappa shape index (κ1) is 14.2. The standard InChI is InChI=1S/C15H17NO4/c1-15(2,3)20-14(19)16-12(18)9-11(17)13(16)10-7-5-4-6-8-10/h4-8,13H,9H2,1-3H3/t13-/m0/s1. The molecular formula is C15H17NO4. The summed E-state index contributed by atoms with van der Waals surface area (Å²) >= 11 is 0. The summed E-state index contributed by atoms with van der Waals surface area (Å²) in [4.78, 5) is 36.9. The third-order valence-corrected chi connectivity index (χ3v) is 2.86. The van der Waals surface area contributed by atoms with Crippen LogP contribution in [0.3, 0.4) is 0 Å². The van der Waals surface area contributed by atoms with E-state index in [1.807, 2.05) is 6.07 Å². The van der Waals surface area contributed by atoms with Crippen molar-refractivity contribution in [2.24, 2.45) is 0 Å². The molecule has 0 N–H and O–H groups in total. The molecule has 1 saturated heterocycles. The van der Waals surface area contributed by atoms with Gasteiger partial charge in [0.15, 0.2) is 5.78 Å². The van der Waals surface area contributed by atoms with Gasteiger partial charge in [-0.3, -0.25) is 9.59 Å². The Hall–Kier alpha value is -2.17. The topological polar surface area (TPSA) is 63.7 Å². The van der Waals surface area contributed by atoms with E-state index in [0.717, 1.165) is 4.90 Å². The highest BCUT2D eigenvalue weighted by Gasteiger charge is 2.44. The number of carbonyl (C=O) groups is 3. The average Bonchev–Trinajstić information content (AvgIpc) is 2.63. The molecule has 0 radical (unpaired) electrons. The van der Waals surface area contributed by atoms with Crippen molar-refractivity contribution in [1.82, 2.24) is 4.90 Å². The Bertz CT molecular complexity index is 545. The largest absolute Gasteiger partial charge is 0.443 e. The van der Waals surface area contributed by atoms with Gasteiger partial charge in [-0.1, -0.05) is 30.3 Å². The van der Waals surface area contributed by atoms with E-state index in [1.54, 1.807) is 45.0 Å². The van der Waals surface area contributed by atoms with Crippen LogP contribution in [0.15, 0.2) is 30.3 Å². The van der Waals surface area contributed by atoms with Gasteiger partial charge in [0.05, 0.1) is 6.42 Å². The number of carbonyl (C=O) groups excluding carboxylic acids is 3. The molecule has 1 heterocycles. The number of likely N-dealkylation sites (tertiary alicyclic amines) is 1. The van der Waals surface area contributed by atoms with Crippen molar-refractivity contribution >= 4 is 17.8 Å². The number of rotatable bonds is 1. The van der Waals surface area contributed by atoms with Crippen molar-refractivity contribution in [2.45, 2.75) is 38.8 Å². The maximum Gasteiger partial charge on any atom is 0.418 e. The Morgan fingerprint density at radius 3 is 2.35 bits per heavy atom. The predicted molar refractivity (Wildman–Crippen MR) is 71.9 cm³/mol. The van der Waals surface area contributed by atoms with E-state index in [9.17, 15) is 14.4 Å². The fourth-order valence-corrected chi connectivity index (χ4v) is 2.11. The third-order valence-electron chi connectivity index (χ3n) is 2.86. The van der Waals surface area contributed by atoms with E-state index in [2.05, 4.69) is 0 Å². The lowest BCUT2D eigenvalue weighted by Crippen LogP contribution is -2.39. The maximum absolute atomic E-state index is 12.1. The van der Waals surface area contributed by atoms with Crippen molar-refractivity contribution in [1.29, 1.82) is 0 Å². The molecule has 1 aromatic carbocycles. The van der Waals surface area contributed by atoms with E-state index in [1.165, 1.54) is 0 Å². The molecule has 0 spiro atoms. The Labute approximate surface area is 117 Å². The summed E-state index contributed by atoms with van der Waals surface area (Å²) < 4.78 is 5.21. The Balaban J connectivity index is 2.31. The molecule has 2 rings (SSSR count). The molecule has 106 valence electrons. The van der Waals surface area contributed by atoms with Crippen LogP contribution in [0.2, 0.25) is 0 Å². The molecule has 1 aliphatic heterocycles. The van der Waals surface area contributed by atoms with Crippen molar-refractivity contribution in [2.75, 3.05) is 0 Å². The van der Waals surface area contributed by atoms with Crippen molar-refractivity contribution in [3.05, 3.63) is 35.9 Å². The fourth-order valence-electron chi connectivity index (χ4n) is 2.11. The molecule has 0 unspecified atom stereocenters. The number of imide groups is 1. The van der Waals surface area contributed by atoms with Crippen LogP contribution in [0.1, 0.15) is 38.8 Å². The van der Waals surface area contributed by atoms with Gasteiger partial charge in [0.1, 0.15) is 11.6 Å². The monoisotopic (exact) mass is 275 g/mol. The first-order valence-corrected chi connectivity index (χ1v) is 6.42. The SMILES string of the molecule is CC(C)(C)OC(=O)N1C(=O)CC(=O)[C@@H]1c1ccccc1. The minimum Gasteiger partial charge on any atom is -0.443 e. The van der Waals surface area contributed by atoms with Crippen LogP contribution in [0, 0.1) is 0 Å². The zero-order chi connectivity index (χ0) is 14.9. The van der Waals surface area contributed by atoms with Crippen molar-refractivity contribution in [3.63, 3.8) is 0 Å². The van der Waals surface area contributed by atoms with Crippen LogP contribution in [-0.4, -0.2) is 28.3 Å². The van der Waals surface area contributed by atoms with Crippen LogP contribution in [0.4, 0.5) is 4.79 Å². The Kier molecular flexibility index (Phi) is 3.61. The highest BCUT2D eigenvalue weighted by Crippen LogP contribution is 2.31. The number of ether oxygens (including phenoxy) is 1. The number of benzene rings is 1. The van der Waals surface area contributed by atoms with Crippen LogP contribution in [0.25, 0.3) is 0 Å². The van der Waals surface area contributed by atoms with E-state index < -0.39 is 23.6 Å². The third kappa shape index (κ3) is 2.87. The molecule has 1 fully saturated rings. The van der Waals surface area contributed by atoms with Gasteiger partial charge < -0.3 is 4.74 Å². The van der Waals surface area contributed by atoms with E-state index >= 15 is 0 Å². The van der Waals surface area contributed by atoms with E-state index in [4.69, 9.17) is 4.74 Å². The van der Waals surface area contributed by atoms with Crippen LogP contribution in [-0.2, 0) is 14.3 Å². The molecule has 1 atom stereocenters. The average molecular weight is 275 g/mol. The molecule has 0 saturated carbocycles. The summed E-state index contributed by atoms with van der Waals surface area (Å²) in [5.74, 6) is -0.801. The first-order valence-electron chi connectivity index (χ1n) is 6.42.